The van der Waals surface area contributed by atoms with Gasteiger partial charge in [0.15, 0.2) is 0 Å². The van der Waals surface area contributed by atoms with Crippen molar-refractivity contribution in [1.82, 2.24) is 15.8 Å². The molecule has 0 fully saturated rings. The third-order valence-corrected chi connectivity index (χ3v) is 4.66. The molecule has 1 aromatic heterocycles. The number of aromatic nitrogens is 1. The van der Waals surface area contributed by atoms with E-state index in [-0.39, 0.29) is 30.9 Å². The summed E-state index contributed by atoms with van der Waals surface area (Å²) in [5, 5.41) is 9.09. The lowest BCUT2D eigenvalue weighted by molar-refractivity contribution is -0.143. The first kappa shape index (κ1) is 21.1. The van der Waals surface area contributed by atoms with Gasteiger partial charge in [0, 0.05) is 5.56 Å². The van der Waals surface area contributed by atoms with Gasteiger partial charge in [0.2, 0.25) is 0 Å². The Hall–Kier alpha value is -3.62. The van der Waals surface area contributed by atoms with Crippen LogP contribution in [-0.4, -0.2) is 36.3 Å². The highest BCUT2D eigenvalue weighted by molar-refractivity contribution is 5.95. The van der Waals surface area contributed by atoms with Crippen molar-refractivity contribution in [3.8, 4) is 0 Å². The molecule has 0 aliphatic carbocycles. The van der Waals surface area contributed by atoms with Crippen LogP contribution in [0.4, 0.5) is 4.79 Å². The molecule has 1 atom stereocenters. The Balaban J connectivity index is 1.84. The molecular weight excluding hydrogens is 390 g/mol. The van der Waals surface area contributed by atoms with E-state index in [2.05, 4.69) is 15.8 Å². The number of esters is 2. The van der Waals surface area contributed by atoms with Crippen LogP contribution in [0.3, 0.4) is 0 Å². The monoisotopic (exact) mass is 413 g/mol. The summed E-state index contributed by atoms with van der Waals surface area (Å²) < 4.78 is 15.6. The normalized spacial score (nSPS) is 16.0. The van der Waals surface area contributed by atoms with Crippen molar-refractivity contribution in [2.45, 2.75) is 33.2 Å². The molecule has 0 spiro atoms. The van der Waals surface area contributed by atoms with Gasteiger partial charge < -0.3 is 24.6 Å². The number of ether oxygens (including phenoxy) is 2. The van der Waals surface area contributed by atoms with Crippen LogP contribution in [0.25, 0.3) is 0 Å². The van der Waals surface area contributed by atoms with Crippen molar-refractivity contribution in [1.29, 1.82) is 0 Å². The van der Waals surface area contributed by atoms with E-state index in [4.69, 9.17) is 14.0 Å². The number of urea groups is 1. The molecule has 1 aliphatic rings. The number of hydrogen-bond acceptors (Lipinski definition) is 7. The molecule has 2 heterocycles. The Bertz CT molecular complexity index is 960. The average Bonchev–Trinajstić information content (AvgIpc) is 3.04. The fourth-order valence-corrected chi connectivity index (χ4v) is 3.18. The van der Waals surface area contributed by atoms with E-state index < -0.39 is 24.0 Å². The molecule has 0 saturated carbocycles. The Morgan fingerprint density at radius 3 is 2.53 bits per heavy atom. The summed E-state index contributed by atoms with van der Waals surface area (Å²) in [4.78, 5) is 37.2. The highest BCUT2D eigenvalue weighted by atomic mass is 16.5. The lowest BCUT2D eigenvalue weighted by Crippen LogP contribution is -2.47. The van der Waals surface area contributed by atoms with Gasteiger partial charge in [-0.1, -0.05) is 35.5 Å². The van der Waals surface area contributed by atoms with Crippen LogP contribution in [0.2, 0.25) is 0 Å². The molecule has 0 saturated heterocycles. The minimum Gasteiger partial charge on any atom is -0.463 e. The minimum absolute atomic E-state index is 0.0303. The summed E-state index contributed by atoms with van der Waals surface area (Å²) in [6, 6.07) is 7.78. The van der Waals surface area contributed by atoms with Crippen LogP contribution in [0.15, 0.2) is 46.1 Å². The largest absolute Gasteiger partial charge is 0.463 e. The third-order valence-electron chi connectivity index (χ3n) is 4.66. The summed E-state index contributed by atoms with van der Waals surface area (Å²) in [6.07, 6.45) is -0.0303. The molecule has 2 aromatic rings. The highest BCUT2D eigenvalue weighted by Crippen LogP contribution is 2.28. The number of aryl methyl sites for hydroxylation is 2. The van der Waals surface area contributed by atoms with E-state index in [0.717, 1.165) is 0 Å². The molecule has 1 unspecified atom stereocenters. The number of nitrogens with one attached hydrogen (secondary N) is 2. The van der Waals surface area contributed by atoms with Gasteiger partial charge in [-0.3, -0.25) is 4.79 Å². The van der Waals surface area contributed by atoms with Crippen molar-refractivity contribution >= 4 is 18.0 Å². The average molecular weight is 413 g/mol. The summed E-state index contributed by atoms with van der Waals surface area (Å²) >= 11 is 0. The topological polar surface area (TPSA) is 120 Å². The molecule has 0 radical (unpaired) electrons. The fourth-order valence-electron chi connectivity index (χ4n) is 3.18. The number of rotatable bonds is 7. The Morgan fingerprint density at radius 1 is 1.17 bits per heavy atom. The summed E-state index contributed by atoms with van der Waals surface area (Å²) in [7, 11) is 0. The second kappa shape index (κ2) is 9.25. The zero-order valence-corrected chi connectivity index (χ0v) is 17.0. The van der Waals surface area contributed by atoms with Gasteiger partial charge >= 0.3 is 18.0 Å². The molecule has 158 valence electrons. The van der Waals surface area contributed by atoms with Crippen molar-refractivity contribution in [3.63, 3.8) is 0 Å². The minimum atomic E-state index is -0.727. The molecule has 3 rings (SSSR count). The van der Waals surface area contributed by atoms with Gasteiger partial charge in [-0.05, 0) is 26.3 Å². The smallest absolute Gasteiger partial charge is 0.338 e. The fraction of sp³-hybridized carbons (Fsp3) is 0.333. The van der Waals surface area contributed by atoms with E-state index >= 15 is 0 Å². The number of amides is 2. The van der Waals surface area contributed by atoms with Crippen molar-refractivity contribution in [3.05, 3.63) is 64.2 Å². The van der Waals surface area contributed by atoms with Crippen molar-refractivity contribution in [2.75, 3.05) is 13.2 Å². The molecule has 9 heteroatoms. The number of hydrogen-bond donors (Lipinski definition) is 2. The summed E-state index contributed by atoms with van der Waals surface area (Å²) in [5.74, 6) is -0.602. The van der Waals surface area contributed by atoms with E-state index in [1.807, 2.05) is 6.07 Å². The highest BCUT2D eigenvalue weighted by Gasteiger charge is 2.34. The van der Waals surface area contributed by atoms with E-state index in [9.17, 15) is 14.4 Å². The molecule has 1 aromatic carbocycles. The molecule has 2 amide bonds. The van der Waals surface area contributed by atoms with Gasteiger partial charge in [0.25, 0.3) is 0 Å². The van der Waals surface area contributed by atoms with Crippen LogP contribution < -0.4 is 10.6 Å². The van der Waals surface area contributed by atoms with Crippen LogP contribution in [0.1, 0.15) is 35.5 Å². The second-order valence-electron chi connectivity index (χ2n) is 6.70. The molecule has 30 heavy (non-hydrogen) atoms. The van der Waals surface area contributed by atoms with Crippen molar-refractivity contribution in [2.24, 2.45) is 0 Å². The Morgan fingerprint density at radius 2 is 1.90 bits per heavy atom. The lowest BCUT2D eigenvalue weighted by atomic mass is 9.95. The predicted molar refractivity (Wildman–Crippen MR) is 105 cm³/mol. The van der Waals surface area contributed by atoms with E-state index in [1.165, 1.54) is 0 Å². The van der Waals surface area contributed by atoms with Crippen LogP contribution in [0.5, 0.6) is 0 Å². The number of benzene rings is 1. The first-order valence-corrected chi connectivity index (χ1v) is 9.50. The predicted octanol–water partition coefficient (Wildman–Crippen LogP) is 2.25. The number of carbonyl (C=O) groups is 3. The van der Waals surface area contributed by atoms with Gasteiger partial charge in [-0.2, -0.15) is 0 Å². The molecule has 1 aliphatic heterocycles. The summed E-state index contributed by atoms with van der Waals surface area (Å²) in [6.45, 7) is 5.01. The van der Waals surface area contributed by atoms with Crippen LogP contribution >= 0.6 is 0 Å². The quantitative estimate of drug-likeness (QED) is 0.668. The zero-order chi connectivity index (χ0) is 21.7. The lowest BCUT2D eigenvalue weighted by Gasteiger charge is -2.29. The summed E-state index contributed by atoms with van der Waals surface area (Å²) in [5.41, 5.74) is 2.33. The van der Waals surface area contributed by atoms with Crippen molar-refractivity contribution < 1.29 is 28.4 Å². The standard InChI is InChI=1S/C21H23N3O6/c1-4-28-20(26)18-16(11-29-17(25)10-15-12(2)24-30-13(15)3)22-21(27)23-19(18)14-8-6-5-7-9-14/h5-9,19H,4,10-11H2,1-3H3,(H2,22,23,27). The van der Waals surface area contributed by atoms with Gasteiger partial charge in [-0.25, -0.2) is 9.59 Å². The van der Waals surface area contributed by atoms with Crippen LogP contribution in [-0.2, 0) is 25.5 Å². The maximum Gasteiger partial charge on any atom is 0.338 e. The molecule has 9 nitrogen and oxygen atoms in total. The maximum atomic E-state index is 12.7. The Labute approximate surface area is 173 Å². The zero-order valence-electron chi connectivity index (χ0n) is 17.0. The van der Waals surface area contributed by atoms with Crippen LogP contribution in [0, 0.1) is 13.8 Å². The van der Waals surface area contributed by atoms with Gasteiger partial charge in [0.05, 0.1) is 36.0 Å². The third kappa shape index (κ3) is 4.68. The molecular formula is C21H23N3O6. The SMILES string of the molecule is CCOC(=O)C1=C(COC(=O)Cc2c(C)noc2C)NC(=O)NC1c1ccccc1. The first-order valence-electron chi connectivity index (χ1n) is 9.50. The maximum absolute atomic E-state index is 12.7. The van der Waals surface area contributed by atoms with Gasteiger partial charge in [-0.15, -0.1) is 0 Å². The molecule has 0 bridgehead atoms. The second-order valence-corrected chi connectivity index (χ2v) is 6.70. The number of nitrogens with zero attached hydrogens (tertiary/aromatic N) is 1. The Kier molecular flexibility index (Phi) is 6.51. The van der Waals surface area contributed by atoms with Gasteiger partial charge in [0.1, 0.15) is 12.4 Å². The molecule has 2 N–H and O–H groups in total. The van der Waals surface area contributed by atoms with E-state index in [0.29, 0.717) is 22.6 Å². The van der Waals surface area contributed by atoms with E-state index in [1.54, 1.807) is 45.0 Å². The number of carbonyl (C=O) groups excluding carboxylic acids is 3. The first-order chi connectivity index (χ1) is 14.4.